The molecule has 5 nitrogen and oxygen atoms in total. The fourth-order valence-electron chi connectivity index (χ4n) is 3.27. The molecule has 2 atom stereocenters. The molecule has 1 aliphatic carbocycles. The first-order valence-corrected chi connectivity index (χ1v) is 6.46. The highest BCUT2D eigenvalue weighted by Crippen LogP contribution is 2.40. The highest BCUT2D eigenvalue weighted by Gasteiger charge is 2.42. The Hall–Kier alpha value is -1.26. The van der Waals surface area contributed by atoms with Gasteiger partial charge in [0.1, 0.15) is 0 Å². The summed E-state index contributed by atoms with van der Waals surface area (Å²) in [6.45, 7) is 7.95. The average molecular weight is 256 g/mol. The molecule has 5 heteroatoms. The number of nitrogens with one attached hydrogen (secondary N) is 2. The lowest BCUT2D eigenvalue weighted by molar-refractivity contribution is -0.122. The number of hydrogen-bond donors (Lipinski definition) is 3. The summed E-state index contributed by atoms with van der Waals surface area (Å²) in [4.78, 5) is 22.3. The Morgan fingerprint density at radius 2 is 1.89 bits per heavy atom. The van der Waals surface area contributed by atoms with Crippen LogP contribution in [0.15, 0.2) is 0 Å². The standard InChI is InChI=1S/C13H24N2O3/c1-5-10(16)14-9-6-12(2,3)8-13(4,7-9)15-11(17)18/h9,15H,5-8H2,1-4H3,(H,14,16)(H,17,18). The Morgan fingerprint density at radius 1 is 1.28 bits per heavy atom. The molecular formula is C13H24N2O3. The predicted octanol–water partition coefficient (Wildman–Crippen LogP) is 2.12. The van der Waals surface area contributed by atoms with Crippen LogP contribution in [-0.2, 0) is 4.79 Å². The third-order valence-corrected chi connectivity index (χ3v) is 3.46. The summed E-state index contributed by atoms with van der Waals surface area (Å²) in [5, 5.41) is 14.5. The second kappa shape index (κ2) is 5.16. The monoisotopic (exact) mass is 256 g/mol. The molecular weight excluding hydrogens is 232 g/mol. The summed E-state index contributed by atoms with van der Waals surface area (Å²) in [6.07, 6.45) is 1.77. The second-order valence-electron chi connectivity index (χ2n) is 6.36. The Bertz CT molecular complexity index is 341. The van der Waals surface area contributed by atoms with Crippen LogP contribution in [0.1, 0.15) is 53.4 Å². The normalized spacial score (nSPS) is 30.6. The van der Waals surface area contributed by atoms with Crippen molar-refractivity contribution in [1.82, 2.24) is 10.6 Å². The lowest BCUT2D eigenvalue weighted by Gasteiger charge is -2.46. The van der Waals surface area contributed by atoms with Crippen molar-refractivity contribution in [2.75, 3.05) is 0 Å². The molecule has 104 valence electrons. The highest BCUT2D eigenvalue weighted by molar-refractivity contribution is 5.75. The molecule has 0 aliphatic heterocycles. The van der Waals surface area contributed by atoms with Gasteiger partial charge < -0.3 is 15.7 Å². The van der Waals surface area contributed by atoms with E-state index < -0.39 is 11.6 Å². The first-order chi connectivity index (χ1) is 8.16. The van der Waals surface area contributed by atoms with E-state index in [0.29, 0.717) is 12.8 Å². The third kappa shape index (κ3) is 4.20. The van der Waals surface area contributed by atoms with Gasteiger partial charge in [0.2, 0.25) is 5.91 Å². The molecule has 3 N–H and O–H groups in total. The van der Waals surface area contributed by atoms with Crippen molar-refractivity contribution < 1.29 is 14.7 Å². The van der Waals surface area contributed by atoms with Crippen LogP contribution in [0.5, 0.6) is 0 Å². The molecule has 0 heterocycles. The number of hydrogen-bond acceptors (Lipinski definition) is 2. The first-order valence-electron chi connectivity index (χ1n) is 6.46. The fraction of sp³-hybridized carbons (Fsp3) is 0.846. The molecule has 1 rings (SSSR count). The SMILES string of the molecule is CCC(=O)NC1CC(C)(C)CC(C)(NC(=O)O)C1. The summed E-state index contributed by atoms with van der Waals surface area (Å²) in [6, 6.07) is 0.0399. The maximum atomic E-state index is 11.5. The van der Waals surface area contributed by atoms with E-state index in [1.165, 1.54) is 0 Å². The summed E-state index contributed by atoms with van der Waals surface area (Å²) in [5.74, 6) is 0.0235. The van der Waals surface area contributed by atoms with Crippen molar-refractivity contribution in [2.24, 2.45) is 5.41 Å². The molecule has 1 aliphatic rings. The lowest BCUT2D eigenvalue weighted by Crippen LogP contribution is -2.57. The zero-order valence-electron chi connectivity index (χ0n) is 11.7. The molecule has 0 aromatic carbocycles. The third-order valence-electron chi connectivity index (χ3n) is 3.46. The molecule has 0 aromatic rings. The zero-order valence-corrected chi connectivity index (χ0v) is 11.7. The van der Waals surface area contributed by atoms with Crippen LogP contribution in [0.2, 0.25) is 0 Å². The minimum atomic E-state index is -1.00. The topological polar surface area (TPSA) is 78.4 Å². The largest absolute Gasteiger partial charge is 0.465 e. The number of carbonyl (C=O) groups is 2. The van der Waals surface area contributed by atoms with E-state index in [0.717, 1.165) is 12.8 Å². The maximum absolute atomic E-state index is 11.5. The first kappa shape index (κ1) is 14.8. The predicted molar refractivity (Wildman–Crippen MR) is 69.4 cm³/mol. The van der Waals surface area contributed by atoms with Crippen molar-refractivity contribution in [3.63, 3.8) is 0 Å². The van der Waals surface area contributed by atoms with Gasteiger partial charge in [-0.2, -0.15) is 0 Å². The molecule has 1 saturated carbocycles. The lowest BCUT2D eigenvalue weighted by atomic mass is 9.67. The van der Waals surface area contributed by atoms with Crippen molar-refractivity contribution >= 4 is 12.0 Å². The minimum Gasteiger partial charge on any atom is -0.465 e. The number of carboxylic acid groups (broad SMARTS) is 1. The van der Waals surface area contributed by atoms with E-state index in [1.54, 1.807) is 0 Å². The quantitative estimate of drug-likeness (QED) is 0.723. The van der Waals surface area contributed by atoms with Gasteiger partial charge in [-0.05, 0) is 31.6 Å². The van der Waals surface area contributed by atoms with E-state index in [9.17, 15) is 9.59 Å². The van der Waals surface area contributed by atoms with Crippen molar-refractivity contribution in [1.29, 1.82) is 0 Å². The van der Waals surface area contributed by atoms with Gasteiger partial charge in [-0.1, -0.05) is 20.8 Å². The second-order valence-corrected chi connectivity index (χ2v) is 6.36. The maximum Gasteiger partial charge on any atom is 0.405 e. The van der Waals surface area contributed by atoms with Crippen molar-refractivity contribution in [2.45, 2.75) is 65.0 Å². The van der Waals surface area contributed by atoms with Crippen LogP contribution in [0.4, 0.5) is 4.79 Å². The van der Waals surface area contributed by atoms with Gasteiger partial charge in [-0.3, -0.25) is 4.79 Å². The Morgan fingerprint density at radius 3 is 2.39 bits per heavy atom. The van der Waals surface area contributed by atoms with E-state index >= 15 is 0 Å². The average Bonchev–Trinajstić information content (AvgIpc) is 2.11. The van der Waals surface area contributed by atoms with Gasteiger partial charge in [0.25, 0.3) is 0 Å². The van der Waals surface area contributed by atoms with Crippen LogP contribution < -0.4 is 10.6 Å². The summed E-state index contributed by atoms with van der Waals surface area (Å²) < 4.78 is 0. The molecule has 0 saturated heterocycles. The van der Waals surface area contributed by atoms with Gasteiger partial charge in [0, 0.05) is 18.0 Å². The zero-order chi connectivity index (χ0) is 14.0. The molecule has 18 heavy (non-hydrogen) atoms. The number of carbonyl (C=O) groups excluding carboxylic acids is 1. The van der Waals surface area contributed by atoms with Crippen LogP contribution in [0, 0.1) is 5.41 Å². The molecule has 0 spiro atoms. The van der Waals surface area contributed by atoms with E-state index in [4.69, 9.17) is 5.11 Å². The highest BCUT2D eigenvalue weighted by atomic mass is 16.4. The van der Waals surface area contributed by atoms with Crippen LogP contribution in [0.3, 0.4) is 0 Å². The Kier molecular flexibility index (Phi) is 4.24. The van der Waals surface area contributed by atoms with Crippen molar-refractivity contribution in [3.8, 4) is 0 Å². The van der Waals surface area contributed by atoms with Gasteiger partial charge in [0.15, 0.2) is 0 Å². The molecule has 0 radical (unpaired) electrons. The molecule has 0 aromatic heterocycles. The van der Waals surface area contributed by atoms with Crippen LogP contribution >= 0.6 is 0 Å². The van der Waals surface area contributed by atoms with Gasteiger partial charge in [0.05, 0.1) is 0 Å². The molecule has 1 fully saturated rings. The molecule has 2 amide bonds. The summed E-state index contributed by atoms with van der Waals surface area (Å²) in [5.41, 5.74) is -0.458. The van der Waals surface area contributed by atoms with Gasteiger partial charge in [-0.25, -0.2) is 4.79 Å². The Labute approximate surface area is 108 Å². The van der Waals surface area contributed by atoms with Gasteiger partial charge in [-0.15, -0.1) is 0 Å². The van der Waals surface area contributed by atoms with Gasteiger partial charge >= 0.3 is 6.09 Å². The minimum absolute atomic E-state index is 0.0150. The Balaban J connectivity index is 2.77. The van der Waals surface area contributed by atoms with Crippen LogP contribution in [-0.4, -0.2) is 28.7 Å². The number of rotatable bonds is 3. The van der Waals surface area contributed by atoms with E-state index in [-0.39, 0.29) is 17.4 Å². The molecule has 0 bridgehead atoms. The van der Waals surface area contributed by atoms with E-state index in [1.807, 2.05) is 13.8 Å². The van der Waals surface area contributed by atoms with Crippen molar-refractivity contribution in [3.05, 3.63) is 0 Å². The number of amides is 2. The van der Waals surface area contributed by atoms with E-state index in [2.05, 4.69) is 24.5 Å². The summed E-state index contributed by atoms with van der Waals surface area (Å²) in [7, 11) is 0. The molecule has 2 unspecified atom stereocenters. The fourth-order valence-corrected chi connectivity index (χ4v) is 3.27. The summed E-state index contributed by atoms with van der Waals surface area (Å²) >= 11 is 0. The smallest absolute Gasteiger partial charge is 0.405 e. The van der Waals surface area contributed by atoms with Crippen LogP contribution in [0.25, 0.3) is 0 Å².